The van der Waals surface area contributed by atoms with E-state index in [1.165, 1.54) is 6.20 Å². The van der Waals surface area contributed by atoms with Crippen molar-refractivity contribution in [3.05, 3.63) is 57.8 Å². The molecule has 0 aliphatic rings. The number of rotatable bonds is 6. The number of aromatic hydroxyl groups is 1. The molecule has 0 spiro atoms. The maximum atomic E-state index is 10.8. The molecule has 1 aromatic heterocycles. The van der Waals surface area contributed by atoms with E-state index in [0.29, 0.717) is 17.8 Å². The van der Waals surface area contributed by atoms with Crippen molar-refractivity contribution in [2.45, 2.75) is 19.4 Å². The number of benzene rings is 1. The number of pyridine rings is 1. The molecule has 2 aromatic rings. The lowest BCUT2D eigenvalue weighted by Gasteiger charge is -2.17. The third-order valence-corrected chi connectivity index (χ3v) is 3.27. The number of nitrogens with one attached hydrogen (secondary N) is 1. The van der Waals surface area contributed by atoms with Gasteiger partial charge in [0.25, 0.3) is 5.69 Å². The predicted molar refractivity (Wildman–Crippen MR) is 81.9 cm³/mol. The summed E-state index contributed by atoms with van der Waals surface area (Å²) in [5.41, 5.74) is 1.41. The number of aliphatic hydroxyl groups excluding tert-OH is 1. The summed E-state index contributed by atoms with van der Waals surface area (Å²) in [5.74, 6) is 0.658. The Morgan fingerprint density at radius 1 is 1.36 bits per heavy atom. The summed E-state index contributed by atoms with van der Waals surface area (Å²) in [6.45, 7) is 1.53. The number of phenols is 1. The average molecular weight is 303 g/mol. The number of nitrogens with zero attached hydrogens (tertiary/aromatic N) is 2. The molecule has 1 aromatic carbocycles. The van der Waals surface area contributed by atoms with Gasteiger partial charge in [0.15, 0.2) is 0 Å². The molecule has 0 bridgehead atoms. The van der Waals surface area contributed by atoms with Crippen LogP contribution in [-0.2, 0) is 6.42 Å². The first-order valence-corrected chi connectivity index (χ1v) is 6.76. The number of aliphatic hydroxyl groups is 1. The van der Waals surface area contributed by atoms with Gasteiger partial charge in [0, 0.05) is 5.56 Å². The van der Waals surface area contributed by atoms with Crippen molar-refractivity contribution in [2.75, 3.05) is 11.9 Å². The summed E-state index contributed by atoms with van der Waals surface area (Å²) in [5, 5.41) is 32.5. The standard InChI is InChI=1S/C15H17N3O4/c1-10-6-15(16-8-14(10)18(21)22)17-12(9-19)7-11-2-4-13(20)5-3-11/h2-6,8,12,19-20H,7,9H2,1H3,(H,16,17)/t12-/m0/s1. The summed E-state index contributed by atoms with van der Waals surface area (Å²) < 4.78 is 0. The molecule has 7 heteroatoms. The van der Waals surface area contributed by atoms with Gasteiger partial charge >= 0.3 is 0 Å². The Balaban J connectivity index is 2.08. The lowest BCUT2D eigenvalue weighted by Crippen LogP contribution is -2.26. The first kappa shape index (κ1) is 15.7. The van der Waals surface area contributed by atoms with E-state index < -0.39 is 4.92 Å². The van der Waals surface area contributed by atoms with Crippen LogP contribution in [0, 0.1) is 17.0 Å². The molecule has 0 unspecified atom stereocenters. The molecule has 116 valence electrons. The Morgan fingerprint density at radius 3 is 2.59 bits per heavy atom. The Labute approximate surface area is 127 Å². The van der Waals surface area contributed by atoms with E-state index in [2.05, 4.69) is 10.3 Å². The highest BCUT2D eigenvalue weighted by atomic mass is 16.6. The molecule has 7 nitrogen and oxygen atoms in total. The third-order valence-electron chi connectivity index (χ3n) is 3.27. The van der Waals surface area contributed by atoms with E-state index >= 15 is 0 Å². The van der Waals surface area contributed by atoms with Crippen LogP contribution in [0.3, 0.4) is 0 Å². The van der Waals surface area contributed by atoms with Crippen LogP contribution in [0.5, 0.6) is 5.75 Å². The van der Waals surface area contributed by atoms with E-state index in [1.807, 2.05) is 0 Å². The quantitative estimate of drug-likeness (QED) is 0.556. The summed E-state index contributed by atoms with van der Waals surface area (Å²) in [6, 6.07) is 8.01. The van der Waals surface area contributed by atoms with Crippen LogP contribution < -0.4 is 5.32 Å². The van der Waals surface area contributed by atoms with E-state index in [4.69, 9.17) is 0 Å². The third kappa shape index (κ3) is 3.92. The van der Waals surface area contributed by atoms with Gasteiger partial charge in [-0.3, -0.25) is 10.1 Å². The second-order valence-corrected chi connectivity index (χ2v) is 5.01. The van der Waals surface area contributed by atoms with Crippen molar-refractivity contribution >= 4 is 11.5 Å². The highest BCUT2D eigenvalue weighted by Crippen LogP contribution is 2.20. The normalized spacial score (nSPS) is 11.9. The van der Waals surface area contributed by atoms with Gasteiger partial charge in [0.05, 0.1) is 17.6 Å². The SMILES string of the molecule is Cc1cc(N[C@H](CO)Cc2ccc(O)cc2)ncc1[N+](=O)[O-]. The monoisotopic (exact) mass is 303 g/mol. The molecular formula is C15H17N3O4. The Bertz CT molecular complexity index is 658. The van der Waals surface area contributed by atoms with Gasteiger partial charge in [0.1, 0.15) is 17.8 Å². The fourth-order valence-electron chi connectivity index (χ4n) is 2.11. The average Bonchev–Trinajstić information content (AvgIpc) is 2.48. The van der Waals surface area contributed by atoms with Crippen LogP contribution in [0.4, 0.5) is 11.5 Å². The minimum Gasteiger partial charge on any atom is -0.508 e. The lowest BCUT2D eigenvalue weighted by molar-refractivity contribution is -0.385. The van der Waals surface area contributed by atoms with E-state index in [0.717, 1.165) is 5.56 Å². The van der Waals surface area contributed by atoms with E-state index in [9.17, 15) is 20.3 Å². The number of aromatic nitrogens is 1. The fourth-order valence-corrected chi connectivity index (χ4v) is 2.11. The molecule has 0 aliphatic carbocycles. The zero-order chi connectivity index (χ0) is 16.1. The summed E-state index contributed by atoms with van der Waals surface area (Å²) in [4.78, 5) is 14.3. The number of hydrogen-bond donors (Lipinski definition) is 3. The highest BCUT2D eigenvalue weighted by Gasteiger charge is 2.14. The van der Waals surface area contributed by atoms with Gasteiger partial charge in [0.2, 0.25) is 0 Å². The fraction of sp³-hybridized carbons (Fsp3) is 0.267. The Hall–Kier alpha value is -2.67. The predicted octanol–water partition coefficient (Wildman–Crippen LogP) is 2.02. The summed E-state index contributed by atoms with van der Waals surface area (Å²) >= 11 is 0. The number of hydrogen-bond acceptors (Lipinski definition) is 6. The molecule has 0 saturated carbocycles. The first-order chi connectivity index (χ1) is 10.5. The molecular weight excluding hydrogens is 286 g/mol. The van der Waals surface area contributed by atoms with Gasteiger partial charge in [-0.15, -0.1) is 0 Å². The van der Waals surface area contributed by atoms with Gasteiger partial charge in [-0.25, -0.2) is 4.98 Å². The molecule has 0 amide bonds. The van der Waals surface area contributed by atoms with Crippen molar-refractivity contribution < 1.29 is 15.1 Å². The molecule has 2 rings (SSSR count). The van der Waals surface area contributed by atoms with Crippen LogP contribution in [0.25, 0.3) is 0 Å². The summed E-state index contributed by atoms with van der Waals surface area (Å²) in [6.07, 6.45) is 1.74. The smallest absolute Gasteiger partial charge is 0.290 e. The zero-order valence-electron chi connectivity index (χ0n) is 12.1. The molecule has 1 heterocycles. The molecule has 1 atom stereocenters. The van der Waals surface area contributed by atoms with Gasteiger partial charge in [-0.05, 0) is 37.1 Å². The number of phenolic OH excluding ortho intramolecular Hbond substituents is 1. The van der Waals surface area contributed by atoms with Crippen molar-refractivity contribution in [2.24, 2.45) is 0 Å². The molecule has 22 heavy (non-hydrogen) atoms. The van der Waals surface area contributed by atoms with Crippen molar-refractivity contribution in [3.63, 3.8) is 0 Å². The topological polar surface area (TPSA) is 109 Å². The van der Waals surface area contributed by atoms with Crippen LogP contribution in [0.1, 0.15) is 11.1 Å². The molecule has 0 saturated heterocycles. The Kier molecular flexibility index (Phi) is 4.90. The maximum Gasteiger partial charge on any atom is 0.290 e. The van der Waals surface area contributed by atoms with Crippen molar-refractivity contribution in [3.8, 4) is 5.75 Å². The minimum absolute atomic E-state index is 0.0374. The van der Waals surface area contributed by atoms with Crippen LogP contribution in [0.15, 0.2) is 36.5 Å². The molecule has 0 radical (unpaired) electrons. The van der Waals surface area contributed by atoms with Gasteiger partial charge in [-0.1, -0.05) is 12.1 Å². The van der Waals surface area contributed by atoms with Crippen LogP contribution in [-0.4, -0.2) is 32.8 Å². The largest absolute Gasteiger partial charge is 0.508 e. The maximum absolute atomic E-state index is 10.8. The zero-order valence-corrected chi connectivity index (χ0v) is 12.1. The van der Waals surface area contributed by atoms with E-state index in [-0.39, 0.29) is 24.1 Å². The molecule has 0 fully saturated rings. The summed E-state index contributed by atoms with van der Waals surface area (Å²) in [7, 11) is 0. The van der Waals surface area contributed by atoms with Crippen LogP contribution in [0.2, 0.25) is 0 Å². The second kappa shape index (κ2) is 6.86. The number of aryl methyl sites for hydroxylation is 1. The van der Waals surface area contributed by atoms with Crippen LogP contribution >= 0.6 is 0 Å². The number of anilines is 1. The van der Waals surface area contributed by atoms with Gasteiger partial charge < -0.3 is 15.5 Å². The van der Waals surface area contributed by atoms with Gasteiger partial charge in [-0.2, -0.15) is 0 Å². The minimum atomic E-state index is -0.480. The number of nitro groups is 1. The van der Waals surface area contributed by atoms with Crippen molar-refractivity contribution in [1.82, 2.24) is 4.98 Å². The van der Waals surface area contributed by atoms with E-state index in [1.54, 1.807) is 37.3 Å². The highest BCUT2D eigenvalue weighted by molar-refractivity contribution is 5.47. The molecule has 3 N–H and O–H groups in total. The molecule has 0 aliphatic heterocycles. The lowest BCUT2D eigenvalue weighted by atomic mass is 10.1. The second-order valence-electron chi connectivity index (χ2n) is 5.01. The first-order valence-electron chi connectivity index (χ1n) is 6.76. The van der Waals surface area contributed by atoms with Crippen molar-refractivity contribution in [1.29, 1.82) is 0 Å². The Morgan fingerprint density at radius 2 is 2.05 bits per heavy atom.